The predicted molar refractivity (Wildman–Crippen MR) is 112 cm³/mol. The Morgan fingerprint density at radius 1 is 1.19 bits per heavy atom. The third-order valence-corrected chi connectivity index (χ3v) is 6.94. The number of fused-ring (bicyclic) bond motifs is 1. The molecule has 0 aliphatic carbocycles. The van der Waals surface area contributed by atoms with Gasteiger partial charge in [-0.2, -0.15) is 0 Å². The van der Waals surface area contributed by atoms with Gasteiger partial charge in [0.15, 0.2) is 0 Å². The van der Waals surface area contributed by atoms with Crippen LogP contribution >= 0.6 is 0 Å². The Hall–Kier alpha value is -2.97. The van der Waals surface area contributed by atoms with E-state index in [0.717, 1.165) is 0 Å². The molecule has 172 valence electrons. The first-order valence-corrected chi connectivity index (χ1v) is 10.9. The third kappa shape index (κ3) is 3.84. The molecule has 2 saturated heterocycles. The number of likely N-dealkylation sites (tertiary alicyclic amines) is 1. The van der Waals surface area contributed by atoms with Crippen LogP contribution in [0.1, 0.15) is 73.9 Å². The van der Waals surface area contributed by atoms with Crippen LogP contribution in [0.15, 0.2) is 12.1 Å². The van der Waals surface area contributed by atoms with Gasteiger partial charge in [-0.3, -0.25) is 19.7 Å². The maximum Gasteiger partial charge on any atom is 0.407 e. The van der Waals surface area contributed by atoms with Crippen LogP contribution in [0.3, 0.4) is 0 Å². The SMILES string of the molecule is CC(C)(C)C1CC(c2cc(F)cc3c2CN(C2CCC(=O)NC2=O)C3=O)CCN1C(=O)O. The van der Waals surface area contributed by atoms with Crippen LogP contribution in [0, 0.1) is 11.2 Å². The van der Waals surface area contributed by atoms with Crippen molar-refractivity contribution in [3.8, 4) is 0 Å². The molecule has 3 aliphatic heterocycles. The minimum Gasteiger partial charge on any atom is -0.465 e. The molecular weight excluding hydrogens is 417 g/mol. The highest BCUT2D eigenvalue weighted by Crippen LogP contribution is 2.42. The molecular formula is C23H28FN3O5. The van der Waals surface area contributed by atoms with Crippen LogP contribution in [0.25, 0.3) is 0 Å². The lowest BCUT2D eigenvalue weighted by molar-refractivity contribution is -0.136. The van der Waals surface area contributed by atoms with Crippen molar-refractivity contribution >= 4 is 23.8 Å². The van der Waals surface area contributed by atoms with Gasteiger partial charge in [-0.1, -0.05) is 20.8 Å². The molecule has 3 heterocycles. The average molecular weight is 445 g/mol. The quantitative estimate of drug-likeness (QED) is 0.681. The summed E-state index contributed by atoms with van der Waals surface area (Å²) in [6.07, 6.45) is 0.482. The summed E-state index contributed by atoms with van der Waals surface area (Å²) in [5, 5.41) is 11.9. The molecule has 4 amide bonds. The van der Waals surface area contributed by atoms with E-state index in [2.05, 4.69) is 5.32 Å². The second-order valence-corrected chi connectivity index (χ2v) is 10.0. The first-order chi connectivity index (χ1) is 15.0. The van der Waals surface area contributed by atoms with Crippen molar-refractivity contribution in [2.24, 2.45) is 5.41 Å². The van der Waals surface area contributed by atoms with Gasteiger partial charge in [0.25, 0.3) is 5.91 Å². The molecule has 2 fully saturated rings. The fourth-order valence-corrected chi connectivity index (χ4v) is 5.32. The van der Waals surface area contributed by atoms with Gasteiger partial charge >= 0.3 is 6.09 Å². The van der Waals surface area contributed by atoms with Crippen molar-refractivity contribution in [3.05, 3.63) is 34.6 Å². The second-order valence-electron chi connectivity index (χ2n) is 10.0. The Morgan fingerprint density at radius 2 is 1.91 bits per heavy atom. The molecule has 3 unspecified atom stereocenters. The van der Waals surface area contributed by atoms with Crippen molar-refractivity contribution in [1.29, 1.82) is 0 Å². The van der Waals surface area contributed by atoms with Gasteiger partial charge in [-0.25, -0.2) is 9.18 Å². The van der Waals surface area contributed by atoms with Crippen molar-refractivity contribution in [2.75, 3.05) is 6.54 Å². The van der Waals surface area contributed by atoms with Crippen molar-refractivity contribution in [3.63, 3.8) is 0 Å². The van der Waals surface area contributed by atoms with Gasteiger partial charge in [0, 0.05) is 31.1 Å². The molecule has 4 rings (SSSR count). The molecule has 0 spiro atoms. The smallest absolute Gasteiger partial charge is 0.407 e. The lowest BCUT2D eigenvalue weighted by Gasteiger charge is -2.45. The summed E-state index contributed by atoms with van der Waals surface area (Å²) in [5.41, 5.74) is 1.35. The molecule has 2 N–H and O–H groups in total. The first-order valence-electron chi connectivity index (χ1n) is 10.9. The highest BCUT2D eigenvalue weighted by molar-refractivity contribution is 6.05. The normalized spacial score (nSPS) is 26.2. The Morgan fingerprint density at radius 3 is 2.53 bits per heavy atom. The first kappa shape index (κ1) is 22.2. The van der Waals surface area contributed by atoms with Crippen LogP contribution in [0.4, 0.5) is 9.18 Å². The Bertz CT molecular complexity index is 1000. The van der Waals surface area contributed by atoms with E-state index in [4.69, 9.17) is 0 Å². The topological polar surface area (TPSA) is 107 Å². The largest absolute Gasteiger partial charge is 0.465 e. The third-order valence-electron chi connectivity index (χ3n) is 6.94. The number of nitrogens with zero attached hydrogens (tertiary/aromatic N) is 2. The lowest BCUT2D eigenvalue weighted by Crippen LogP contribution is -2.52. The maximum absolute atomic E-state index is 14.6. The number of piperidine rings is 2. The zero-order valence-corrected chi connectivity index (χ0v) is 18.5. The van der Waals surface area contributed by atoms with E-state index in [1.165, 1.54) is 21.9 Å². The summed E-state index contributed by atoms with van der Waals surface area (Å²) < 4.78 is 14.6. The van der Waals surface area contributed by atoms with E-state index in [-0.39, 0.29) is 48.2 Å². The highest BCUT2D eigenvalue weighted by Gasteiger charge is 2.43. The van der Waals surface area contributed by atoms with E-state index < -0.39 is 29.8 Å². The molecule has 0 saturated carbocycles. The molecule has 0 radical (unpaired) electrons. The van der Waals surface area contributed by atoms with Gasteiger partial charge in [-0.15, -0.1) is 0 Å². The Kier molecular flexibility index (Phi) is 5.46. The number of hydrogen-bond donors (Lipinski definition) is 2. The van der Waals surface area contributed by atoms with Crippen LogP contribution < -0.4 is 5.32 Å². The van der Waals surface area contributed by atoms with Gasteiger partial charge in [0.1, 0.15) is 11.9 Å². The monoisotopic (exact) mass is 445 g/mol. The van der Waals surface area contributed by atoms with Gasteiger partial charge < -0.3 is 14.9 Å². The van der Waals surface area contributed by atoms with E-state index in [1.54, 1.807) is 0 Å². The average Bonchev–Trinajstić information content (AvgIpc) is 3.02. The summed E-state index contributed by atoms with van der Waals surface area (Å²) in [7, 11) is 0. The van der Waals surface area contributed by atoms with Crippen molar-refractivity contribution in [1.82, 2.24) is 15.1 Å². The molecule has 1 aromatic rings. The molecule has 9 heteroatoms. The molecule has 8 nitrogen and oxygen atoms in total. The number of amides is 4. The number of nitrogens with one attached hydrogen (secondary N) is 1. The van der Waals surface area contributed by atoms with E-state index in [0.29, 0.717) is 30.5 Å². The summed E-state index contributed by atoms with van der Waals surface area (Å²) in [5.74, 6) is -1.91. The summed E-state index contributed by atoms with van der Waals surface area (Å²) in [6.45, 7) is 6.47. The lowest BCUT2D eigenvalue weighted by atomic mass is 9.74. The number of imide groups is 1. The van der Waals surface area contributed by atoms with Gasteiger partial charge in [0.05, 0.1) is 0 Å². The van der Waals surface area contributed by atoms with Crippen LogP contribution in [0.5, 0.6) is 0 Å². The number of benzene rings is 1. The number of halogens is 1. The Labute approximate surface area is 185 Å². The number of carboxylic acid groups (broad SMARTS) is 1. The summed E-state index contributed by atoms with van der Waals surface area (Å²) in [4.78, 5) is 51.6. The molecule has 1 aromatic carbocycles. The number of carbonyl (C=O) groups excluding carboxylic acids is 3. The van der Waals surface area contributed by atoms with E-state index >= 15 is 0 Å². The molecule has 0 aromatic heterocycles. The minimum atomic E-state index is -0.966. The van der Waals surface area contributed by atoms with Crippen LogP contribution in [-0.4, -0.2) is 57.3 Å². The van der Waals surface area contributed by atoms with Crippen LogP contribution in [0.2, 0.25) is 0 Å². The standard InChI is InChI=1S/C23H28FN3O5/c1-23(2,3)18-8-12(6-7-26(18)22(31)32)14-9-13(24)10-15-16(14)11-27(21(15)30)17-4-5-19(28)25-20(17)29/h9-10,12,17-18H,4-8,11H2,1-3H3,(H,31,32)(H,25,28,29). The van der Waals surface area contributed by atoms with Crippen molar-refractivity contribution < 1.29 is 28.7 Å². The zero-order valence-electron chi connectivity index (χ0n) is 18.5. The highest BCUT2D eigenvalue weighted by atomic mass is 19.1. The fourth-order valence-electron chi connectivity index (χ4n) is 5.32. The van der Waals surface area contributed by atoms with Gasteiger partial charge in [-0.05, 0) is 53.9 Å². The molecule has 3 atom stereocenters. The van der Waals surface area contributed by atoms with E-state index in [1.807, 2.05) is 20.8 Å². The summed E-state index contributed by atoms with van der Waals surface area (Å²) in [6, 6.07) is 1.64. The molecule has 0 bridgehead atoms. The second kappa shape index (κ2) is 7.86. The fraction of sp³-hybridized carbons (Fsp3) is 0.565. The molecule has 32 heavy (non-hydrogen) atoms. The zero-order chi connectivity index (χ0) is 23.4. The predicted octanol–water partition coefficient (Wildman–Crippen LogP) is 2.86. The molecule has 3 aliphatic rings. The number of hydrogen-bond acceptors (Lipinski definition) is 4. The van der Waals surface area contributed by atoms with Gasteiger partial charge in [0.2, 0.25) is 11.8 Å². The minimum absolute atomic E-state index is 0.103. The van der Waals surface area contributed by atoms with Crippen LogP contribution in [-0.2, 0) is 16.1 Å². The maximum atomic E-state index is 14.6. The number of rotatable bonds is 2. The van der Waals surface area contributed by atoms with E-state index in [9.17, 15) is 28.7 Å². The summed E-state index contributed by atoms with van der Waals surface area (Å²) >= 11 is 0. The Balaban J connectivity index is 1.66. The number of carbonyl (C=O) groups is 4. The van der Waals surface area contributed by atoms with Crippen molar-refractivity contribution in [2.45, 2.75) is 71.0 Å².